The lowest BCUT2D eigenvalue weighted by molar-refractivity contribution is -0.134. The summed E-state index contributed by atoms with van der Waals surface area (Å²) in [5.74, 6) is 0.591. The van der Waals surface area contributed by atoms with E-state index in [4.69, 9.17) is 5.41 Å². The van der Waals surface area contributed by atoms with Crippen LogP contribution in [0.1, 0.15) is 63.9 Å². The van der Waals surface area contributed by atoms with Crippen molar-refractivity contribution < 1.29 is 9.59 Å². The molecule has 2 amide bonds. The van der Waals surface area contributed by atoms with Crippen molar-refractivity contribution in [2.24, 2.45) is 17.8 Å². The van der Waals surface area contributed by atoms with Crippen molar-refractivity contribution in [2.45, 2.75) is 58.3 Å². The van der Waals surface area contributed by atoms with Crippen LogP contribution in [0.25, 0.3) is 0 Å². The largest absolute Gasteiger partial charge is 0.388 e. The van der Waals surface area contributed by atoms with Gasteiger partial charge in [0, 0.05) is 56.6 Å². The number of piperazine rings is 1. The molecule has 1 unspecified atom stereocenters. The van der Waals surface area contributed by atoms with Gasteiger partial charge >= 0.3 is 0 Å². The van der Waals surface area contributed by atoms with E-state index in [2.05, 4.69) is 39.5 Å². The summed E-state index contributed by atoms with van der Waals surface area (Å²) in [6.07, 6.45) is 9.14. The van der Waals surface area contributed by atoms with E-state index in [1.54, 1.807) is 0 Å². The minimum atomic E-state index is -0.574. The summed E-state index contributed by atoms with van der Waals surface area (Å²) in [4.78, 5) is 28.7. The van der Waals surface area contributed by atoms with Crippen LogP contribution in [-0.4, -0.2) is 62.2 Å². The van der Waals surface area contributed by atoms with Gasteiger partial charge in [0.25, 0.3) is 0 Å². The number of carbonyl (C=O) groups excluding carboxylic acids is 2. The van der Waals surface area contributed by atoms with Crippen molar-refractivity contribution in [3.05, 3.63) is 23.8 Å². The Kier molecular flexibility index (Phi) is 8.24. The predicted octanol–water partition coefficient (Wildman–Crippen LogP) is 3.88. The molecule has 186 valence electrons. The lowest BCUT2D eigenvalue weighted by atomic mass is 9.79. The Morgan fingerprint density at radius 3 is 2.53 bits per heavy atom. The van der Waals surface area contributed by atoms with Crippen LogP contribution >= 0.6 is 0 Å². The van der Waals surface area contributed by atoms with Crippen LogP contribution in [0.5, 0.6) is 0 Å². The van der Waals surface area contributed by atoms with Gasteiger partial charge in [-0.05, 0) is 49.4 Å². The van der Waals surface area contributed by atoms with Gasteiger partial charge in [0.05, 0.1) is 11.6 Å². The molecule has 4 rings (SSSR count). The number of hydrogen-bond donors (Lipinski definition) is 3. The number of piperidine rings is 1. The number of carbonyl (C=O) groups is 2. The molecule has 0 spiro atoms. The number of rotatable bonds is 8. The molecule has 1 aromatic carbocycles. The first kappa shape index (κ1) is 24.7. The van der Waals surface area contributed by atoms with Gasteiger partial charge in [-0.1, -0.05) is 39.0 Å². The third kappa shape index (κ3) is 5.80. The standard InChI is InChI=1S/C27H41N5O2/c1-19(20-6-4-3-5-7-20)12-13-31-14-16-32(17-15-31)21-8-9-22(24(18-21)29-2)26(28)23-10-11-25(33)30-27(23)34/h8-9,18-20,23,28-29H,3-7,10-17H2,1-2H3,(H,30,33,34)/t19-,23?/m0/s1. The fraction of sp³-hybridized carbons (Fsp3) is 0.667. The molecule has 1 aromatic rings. The Hall–Kier alpha value is -2.41. The molecule has 1 saturated carbocycles. The Labute approximate surface area is 204 Å². The molecular formula is C27H41N5O2. The van der Waals surface area contributed by atoms with Crippen LogP contribution < -0.4 is 15.5 Å². The van der Waals surface area contributed by atoms with Gasteiger partial charge in [0.1, 0.15) is 0 Å². The minimum absolute atomic E-state index is 0.249. The van der Waals surface area contributed by atoms with E-state index in [-0.39, 0.29) is 23.9 Å². The first-order chi connectivity index (χ1) is 16.5. The van der Waals surface area contributed by atoms with E-state index in [9.17, 15) is 9.59 Å². The van der Waals surface area contributed by atoms with Gasteiger partial charge in [-0.3, -0.25) is 19.8 Å². The van der Waals surface area contributed by atoms with E-state index in [1.807, 2.05) is 13.1 Å². The zero-order valence-electron chi connectivity index (χ0n) is 20.9. The van der Waals surface area contributed by atoms with Crippen LogP contribution in [0.3, 0.4) is 0 Å². The van der Waals surface area contributed by atoms with Crippen molar-refractivity contribution >= 4 is 28.9 Å². The SMILES string of the molecule is CNc1cc(N2CCN(CC[C@H](C)C3CCCCC3)CC2)ccc1C(=N)C1CCC(=O)NC1=O. The molecular weight excluding hydrogens is 426 g/mol. The van der Waals surface area contributed by atoms with Gasteiger partial charge < -0.3 is 15.6 Å². The number of nitrogens with zero attached hydrogens (tertiary/aromatic N) is 2. The van der Waals surface area contributed by atoms with Gasteiger partial charge in [0.2, 0.25) is 11.8 Å². The van der Waals surface area contributed by atoms with Crippen molar-refractivity contribution in [1.82, 2.24) is 10.2 Å². The van der Waals surface area contributed by atoms with Crippen molar-refractivity contribution in [3.8, 4) is 0 Å². The summed E-state index contributed by atoms with van der Waals surface area (Å²) >= 11 is 0. The lowest BCUT2D eigenvalue weighted by Gasteiger charge is -2.37. The molecule has 3 fully saturated rings. The van der Waals surface area contributed by atoms with E-state index in [0.717, 1.165) is 55.0 Å². The number of benzene rings is 1. The molecule has 34 heavy (non-hydrogen) atoms. The smallest absolute Gasteiger partial charge is 0.235 e. The third-order valence-corrected chi connectivity index (χ3v) is 8.24. The zero-order valence-corrected chi connectivity index (χ0v) is 20.9. The van der Waals surface area contributed by atoms with E-state index < -0.39 is 5.92 Å². The number of hydrogen-bond acceptors (Lipinski definition) is 6. The maximum Gasteiger partial charge on any atom is 0.235 e. The molecule has 0 radical (unpaired) electrons. The summed E-state index contributed by atoms with van der Waals surface area (Å²) in [5.41, 5.74) is 3.02. The van der Waals surface area contributed by atoms with Crippen LogP contribution in [0.4, 0.5) is 11.4 Å². The summed E-state index contributed by atoms with van der Waals surface area (Å²) in [5, 5.41) is 14.2. The van der Waals surface area contributed by atoms with Crippen LogP contribution in [0.2, 0.25) is 0 Å². The molecule has 0 aromatic heterocycles. The number of anilines is 2. The summed E-state index contributed by atoms with van der Waals surface area (Å²) in [6.45, 7) is 7.84. The quantitative estimate of drug-likeness (QED) is 0.399. The van der Waals surface area contributed by atoms with Crippen LogP contribution in [-0.2, 0) is 9.59 Å². The first-order valence-electron chi connectivity index (χ1n) is 13.2. The highest BCUT2D eigenvalue weighted by Gasteiger charge is 2.31. The monoisotopic (exact) mass is 467 g/mol. The van der Waals surface area contributed by atoms with Gasteiger partial charge in [-0.25, -0.2) is 0 Å². The molecule has 3 N–H and O–H groups in total. The molecule has 7 nitrogen and oxygen atoms in total. The molecule has 2 heterocycles. The highest BCUT2D eigenvalue weighted by Crippen LogP contribution is 2.32. The Bertz CT molecular complexity index is 887. The molecule has 2 atom stereocenters. The van der Waals surface area contributed by atoms with Crippen LogP contribution in [0.15, 0.2) is 18.2 Å². The Balaban J connectivity index is 1.31. The van der Waals surface area contributed by atoms with Gasteiger partial charge in [-0.2, -0.15) is 0 Å². The second kappa shape index (κ2) is 11.3. The number of amides is 2. The maximum absolute atomic E-state index is 12.2. The molecule has 0 bridgehead atoms. The van der Waals surface area contributed by atoms with E-state index in [1.165, 1.54) is 45.1 Å². The minimum Gasteiger partial charge on any atom is -0.388 e. The van der Waals surface area contributed by atoms with Gasteiger partial charge in [0.15, 0.2) is 0 Å². The van der Waals surface area contributed by atoms with Crippen molar-refractivity contribution in [1.29, 1.82) is 5.41 Å². The topological polar surface area (TPSA) is 88.5 Å². The van der Waals surface area contributed by atoms with E-state index >= 15 is 0 Å². The van der Waals surface area contributed by atoms with Crippen molar-refractivity contribution in [3.63, 3.8) is 0 Å². The third-order valence-electron chi connectivity index (χ3n) is 8.24. The number of imide groups is 1. The van der Waals surface area contributed by atoms with Crippen molar-refractivity contribution in [2.75, 3.05) is 50.0 Å². The Morgan fingerprint density at radius 1 is 1.12 bits per heavy atom. The molecule has 3 aliphatic rings. The normalized spacial score (nSPS) is 23.5. The highest BCUT2D eigenvalue weighted by molar-refractivity contribution is 6.17. The molecule has 2 aliphatic heterocycles. The molecule has 1 aliphatic carbocycles. The molecule has 2 saturated heterocycles. The zero-order chi connectivity index (χ0) is 24.1. The summed E-state index contributed by atoms with van der Waals surface area (Å²) in [7, 11) is 1.85. The fourth-order valence-electron chi connectivity index (χ4n) is 5.88. The van der Waals surface area contributed by atoms with E-state index in [0.29, 0.717) is 6.42 Å². The van der Waals surface area contributed by atoms with Gasteiger partial charge in [-0.15, -0.1) is 0 Å². The lowest BCUT2D eigenvalue weighted by Crippen LogP contribution is -2.47. The Morgan fingerprint density at radius 2 is 1.85 bits per heavy atom. The average Bonchev–Trinajstić information content (AvgIpc) is 2.87. The average molecular weight is 468 g/mol. The fourth-order valence-corrected chi connectivity index (χ4v) is 5.88. The number of nitrogens with one attached hydrogen (secondary N) is 3. The predicted molar refractivity (Wildman–Crippen MR) is 138 cm³/mol. The second-order valence-corrected chi connectivity index (χ2v) is 10.4. The highest BCUT2D eigenvalue weighted by atomic mass is 16.2. The summed E-state index contributed by atoms with van der Waals surface area (Å²) in [6, 6.07) is 6.11. The first-order valence-corrected chi connectivity index (χ1v) is 13.2. The second-order valence-electron chi connectivity index (χ2n) is 10.4. The van der Waals surface area contributed by atoms with Crippen LogP contribution in [0, 0.1) is 23.2 Å². The summed E-state index contributed by atoms with van der Waals surface area (Å²) < 4.78 is 0. The maximum atomic E-state index is 12.2. The molecule has 7 heteroatoms.